The van der Waals surface area contributed by atoms with Gasteiger partial charge in [0.25, 0.3) is 0 Å². The zero-order valence-corrected chi connectivity index (χ0v) is 44.3. The van der Waals surface area contributed by atoms with Gasteiger partial charge in [-0.05, 0) is 72.6 Å². The van der Waals surface area contributed by atoms with E-state index in [9.17, 15) is 4.79 Å². The molecule has 5 aromatic rings. The second-order valence-electron chi connectivity index (χ2n) is 20.3. The van der Waals surface area contributed by atoms with Gasteiger partial charge in [0.15, 0.2) is 6.29 Å². The van der Waals surface area contributed by atoms with E-state index < -0.39 is 30.7 Å². The van der Waals surface area contributed by atoms with Crippen LogP contribution in [0.25, 0.3) is 0 Å². The number of esters is 1. The summed E-state index contributed by atoms with van der Waals surface area (Å²) < 4.78 is 59.8. The molecule has 2 aliphatic rings. The molecule has 0 N–H and O–H groups in total. The summed E-state index contributed by atoms with van der Waals surface area (Å²) in [5.74, 6) is 0.443. The Labute approximate surface area is 442 Å². The largest absolute Gasteiger partial charge is 0.497 e. The molecule has 2 fully saturated rings. The molecule has 74 heavy (non-hydrogen) atoms. The van der Waals surface area contributed by atoms with Gasteiger partial charge in [-0.25, -0.2) is 0 Å². The number of carbonyl (C=O) groups excluding carboxylic acids is 1. The predicted octanol–water partition coefficient (Wildman–Crippen LogP) is 14.2. The molecule has 2 bridgehead atoms. The monoisotopic (exact) mass is 1010 g/mol. The standard InChI is InChI=1S/C64H84O10/c1-50(67-44-51-28-16-11-17-29-51)27-15-10-26-37-57-36-24-8-6-4-3-5-7-9-25-38-58(68-45-55-39-41-56(66-2)42-40-55)43-60(65)69-49-59-61(70-46-52-30-18-12-19-31-52)62(71-47-53-32-20-13-21-33-53)63(64(73-57)74-59)72-48-54-34-22-14-23-35-54/h11-14,16-23,28-35,39-42,50,57-59,61-64H,3-10,15,24-27,36-38,43-49H2,1-2H3/t50-,57+,58-,59-,61-,62+,63-,64-/m1/s1. The summed E-state index contributed by atoms with van der Waals surface area (Å²) in [4.78, 5) is 14.1. The van der Waals surface area contributed by atoms with Crippen molar-refractivity contribution >= 4 is 5.97 Å². The zero-order valence-electron chi connectivity index (χ0n) is 44.3. The van der Waals surface area contributed by atoms with E-state index in [2.05, 4.69) is 55.5 Å². The summed E-state index contributed by atoms with van der Waals surface area (Å²) in [6.45, 7) is 4.05. The minimum absolute atomic E-state index is 0.0604. The summed E-state index contributed by atoms with van der Waals surface area (Å²) in [7, 11) is 1.66. The molecule has 10 heteroatoms. The van der Waals surface area contributed by atoms with E-state index >= 15 is 0 Å². The van der Waals surface area contributed by atoms with Crippen molar-refractivity contribution in [2.24, 2.45) is 0 Å². The number of rotatable bonds is 22. The van der Waals surface area contributed by atoms with Crippen LogP contribution in [0.15, 0.2) is 146 Å². The third-order valence-corrected chi connectivity index (χ3v) is 14.3. The van der Waals surface area contributed by atoms with Crippen LogP contribution in [0.5, 0.6) is 5.75 Å². The van der Waals surface area contributed by atoms with E-state index in [1.807, 2.05) is 97.1 Å². The summed E-state index contributed by atoms with van der Waals surface area (Å²) in [5.41, 5.74) is 5.26. The smallest absolute Gasteiger partial charge is 0.308 e. The third kappa shape index (κ3) is 20.7. The van der Waals surface area contributed by atoms with E-state index in [1.165, 1.54) is 37.7 Å². The number of benzene rings is 5. The Hall–Kier alpha value is -4.91. The molecule has 0 aromatic heterocycles. The second-order valence-corrected chi connectivity index (χ2v) is 20.3. The number of ether oxygens (including phenoxy) is 9. The lowest BCUT2D eigenvalue weighted by Crippen LogP contribution is -2.62. The van der Waals surface area contributed by atoms with Crippen molar-refractivity contribution in [2.75, 3.05) is 13.7 Å². The summed E-state index contributed by atoms with van der Waals surface area (Å²) >= 11 is 0. The lowest BCUT2D eigenvalue weighted by Gasteiger charge is -2.46. The second kappa shape index (κ2) is 33.2. The molecule has 0 unspecified atom stereocenters. The summed E-state index contributed by atoms with van der Waals surface area (Å²) in [6, 6.07) is 48.7. The van der Waals surface area contributed by atoms with Crippen LogP contribution in [0.3, 0.4) is 0 Å². The number of cyclic esters (lactones) is 1. The topological polar surface area (TPSA) is 100 Å². The predicted molar refractivity (Wildman–Crippen MR) is 290 cm³/mol. The SMILES string of the molecule is COc1ccc(CO[C@@H]2CCCCCCCCCCC[C@@H](CCCCC[C@@H](C)OCc3ccccc3)O[C@@H]3O[C@H](COC(=O)C2)[C@@H](OCc2ccccc2)[C@H](OCc2ccccc2)[C@H]3OCc2ccccc2)cc1. The van der Waals surface area contributed by atoms with Crippen molar-refractivity contribution in [3.8, 4) is 5.75 Å². The van der Waals surface area contributed by atoms with Gasteiger partial charge < -0.3 is 42.6 Å². The average Bonchev–Trinajstić information content (AvgIpc) is 3.44. The Morgan fingerprint density at radius 3 is 1.55 bits per heavy atom. The van der Waals surface area contributed by atoms with Crippen molar-refractivity contribution in [3.05, 3.63) is 173 Å². The molecule has 0 saturated carbocycles. The fourth-order valence-electron chi connectivity index (χ4n) is 9.92. The number of unbranched alkanes of at least 4 members (excludes halogenated alkanes) is 2. The highest BCUT2D eigenvalue weighted by molar-refractivity contribution is 5.70. The first kappa shape index (κ1) is 56.8. The molecule has 0 amide bonds. The minimum atomic E-state index is -0.842. The van der Waals surface area contributed by atoms with Crippen LogP contribution >= 0.6 is 0 Å². The van der Waals surface area contributed by atoms with E-state index in [0.717, 1.165) is 98.6 Å². The van der Waals surface area contributed by atoms with Crippen LogP contribution < -0.4 is 4.74 Å². The molecule has 400 valence electrons. The Balaban J connectivity index is 1.13. The van der Waals surface area contributed by atoms with Gasteiger partial charge in [-0.2, -0.15) is 0 Å². The van der Waals surface area contributed by atoms with Gasteiger partial charge in [-0.3, -0.25) is 4.79 Å². The summed E-state index contributed by atoms with van der Waals surface area (Å²) in [6.07, 6.45) is 13.3. The van der Waals surface area contributed by atoms with E-state index in [4.69, 9.17) is 42.6 Å². The van der Waals surface area contributed by atoms with Gasteiger partial charge in [0.2, 0.25) is 0 Å². The molecule has 2 heterocycles. The van der Waals surface area contributed by atoms with Crippen LogP contribution in [0.1, 0.15) is 144 Å². The van der Waals surface area contributed by atoms with Gasteiger partial charge in [-0.15, -0.1) is 0 Å². The maximum absolute atomic E-state index is 14.1. The number of methoxy groups -OCH3 is 1. The quantitative estimate of drug-likeness (QED) is 0.0492. The molecule has 8 atom stereocenters. The normalized spacial score (nSPS) is 23.2. The first-order valence-corrected chi connectivity index (χ1v) is 27.8. The van der Waals surface area contributed by atoms with Crippen LogP contribution in [0.2, 0.25) is 0 Å². The van der Waals surface area contributed by atoms with Gasteiger partial charge in [-0.1, -0.05) is 211 Å². The van der Waals surface area contributed by atoms with Crippen molar-refractivity contribution < 1.29 is 47.4 Å². The number of carbonyl (C=O) groups is 1. The third-order valence-electron chi connectivity index (χ3n) is 14.3. The number of hydrogen-bond donors (Lipinski definition) is 0. The Morgan fingerprint density at radius 2 is 0.986 bits per heavy atom. The molecule has 0 aliphatic carbocycles. The average molecular weight is 1010 g/mol. The van der Waals surface area contributed by atoms with E-state index in [1.54, 1.807) is 7.11 Å². The van der Waals surface area contributed by atoms with Crippen molar-refractivity contribution in [1.82, 2.24) is 0 Å². The highest BCUT2D eigenvalue weighted by atomic mass is 16.7. The zero-order chi connectivity index (χ0) is 51.3. The van der Waals surface area contributed by atoms with Gasteiger partial charge in [0.05, 0.1) is 64.9 Å². The fourth-order valence-corrected chi connectivity index (χ4v) is 9.92. The molecule has 2 aliphatic heterocycles. The Morgan fingerprint density at radius 1 is 0.500 bits per heavy atom. The van der Waals surface area contributed by atoms with Crippen LogP contribution in [-0.4, -0.2) is 68.7 Å². The van der Waals surface area contributed by atoms with Gasteiger partial charge in [0.1, 0.15) is 36.8 Å². The van der Waals surface area contributed by atoms with Crippen molar-refractivity contribution in [1.29, 1.82) is 0 Å². The minimum Gasteiger partial charge on any atom is -0.497 e. The van der Waals surface area contributed by atoms with E-state index in [-0.39, 0.29) is 37.3 Å². The molecule has 7 rings (SSSR count). The number of hydrogen-bond acceptors (Lipinski definition) is 10. The van der Waals surface area contributed by atoms with Crippen LogP contribution in [-0.2, 0) is 75.7 Å². The first-order valence-electron chi connectivity index (χ1n) is 27.8. The van der Waals surface area contributed by atoms with Gasteiger partial charge >= 0.3 is 5.97 Å². The fraction of sp³-hybridized carbons (Fsp3) is 0.516. The molecule has 10 nitrogen and oxygen atoms in total. The summed E-state index contributed by atoms with van der Waals surface area (Å²) in [5, 5.41) is 0. The lowest BCUT2D eigenvalue weighted by atomic mass is 9.97. The lowest BCUT2D eigenvalue weighted by molar-refractivity contribution is -0.335. The molecule has 0 spiro atoms. The molecular weight excluding hydrogens is 929 g/mol. The molecular formula is C64H84O10. The number of fused-ring (bicyclic) bond motifs is 2. The van der Waals surface area contributed by atoms with Crippen LogP contribution in [0.4, 0.5) is 0 Å². The van der Waals surface area contributed by atoms with Crippen molar-refractivity contribution in [3.63, 3.8) is 0 Å². The highest BCUT2D eigenvalue weighted by Gasteiger charge is 2.50. The Bertz CT molecular complexity index is 2210. The molecule has 0 radical (unpaired) electrons. The Kier molecular flexibility index (Phi) is 25.5. The highest BCUT2D eigenvalue weighted by Crippen LogP contribution is 2.34. The maximum atomic E-state index is 14.1. The molecule has 2 saturated heterocycles. The van der Waals surface area contributed by atoms with E-state index in [0.29, 0.717) is 33.0 Å². The maximum Gasteiger partial charge on any atom is 0.308 e. The first-order chi connectivity index (χ1) is 36.5. The van der Waals surface area contributed by atoms with Gasteiger partial charge in [0, 0.05) is 0 Å². The van der Waals surface area contributed by atoms with Crippen LogP contribution in [0, 0.1) is 0 Å². The molecule has 5 aromatic carbocycles. The van der Waals surface area contributed by atoms with Crippen molar-refractivity contribution in [2.45, 2.75) is 198 Å².